The highest BCUT2D eigenvalue weighted by molar-refractivity contribution is 5.93. The molecule has 1 fully saturated rings. The Bertz CT molecular complexity index is 1040. The van der Waals surface area contributed by atoms with Crippen molar-refractivity contribution in [2.45, 2.75) is 38.6 Å². The highest BCUT2D eigenvalue weighted by Crippen LogP contribution is 2.31. The summed E-state index contributed by atoms with van der Waals surface area (Å²) in [5, 5.41) is 8.39. The fourth-order valence-electron chi connectivity index (χ4n) is 4.01. The van der Waals surface area contributed by atoms with Gasteiger partial charge in [-0.2, -0.15) is 5.10 Å². The molecule has 9 heteroatoms. The second-order valence-electron chi connectivity index (χ2n) is 7.80. The Morgan fingerprint density at radius 2 is 2.17 bits per heavy atom. The van der Waals surface area contributed by atoms with Gasteiger partial charge in [0.05, 0.1) is 16.6 Å². The summed E-state index contributed by atoms with van der Waals surface area (Å²) < 4.78 is 1.62. The lowest BCUT2D eigenvalue weighted by Gasteiger charge is -2.25. The Balaban J connectivity index is 1.47. The molecule has 3 aromatic heterocycles. The van der Waals surface area contributed by atoms with Crippen LogP contribution in [0.25, 0.3) is 11.0 Å². The molecule has 1 atom stereocenters. The van der Waals surface area contributed by atoms with Crippen molar-refractivity contribution in [2.75, 3.05) is 24.5 Å². The summed E-state index contributed by atoms with van der Waals surface area (Å²) in [4.78, 5) is 26.9. The van der Waals surface area contributed by atoms with Gasteiger partial charge in [-0.3, -0.25) is 9.48 Å². The van der Waals surface area contributed by atoms with Crippen molar-refractivity contribution in [3.63, 3.8) is 0 Å². The standard InChI is InChI=1S/C20H28N8O/c1-4-13-9-22-17-16(13)18(25-12-24-17)28-7-6-20(21,11-28)10-23-19(29)15-8-14(5-2)26-27(15)3/h8-9,12H,4-7,10-11,21H2,1-3H3,(H,23,29)(H,22,24,25)/t20-/m0/s1. The van der Waals surface area contributed by atoms with E-state index >= 15 is 0 Å². The van der Waals surface area contributed by atoms with Gasteiger partial charge in [0.15, 0.2) is 0 Å². The maximum Gasteiger partial charge on any atom is 0.269 e. The van der Waals surface area contributed by atoms with E-state index in [1.807, 2.05) is 19.2 Å². The first kappa shape index (κ1) is 19.4. The minimum absolute atomic E-state index is 0.147. The summed E-state index contributed by atoms with van der Waals surface area (Å²) in [6.07, 6.45) is 6.05. The fraction of sp³-hybridized carbons (Fsp3) is 0.500. The van der Waals surface area contributed by atoms with E-state index in [9.17, 15) is 4.79 Å². The zero-order valence-electron chi connectivity index (χ0n) is 17.2. The van der Waals surface area contributed by atoms with Crippen LogP contribution in [0, 0.1) is 0 Å². The van der Waals surface area contributed by atoms with Crippen molar-refractivity contribution in [1.82, 2.24) is 30.0 Å². The van der Waals surface area contributed by atoms with Crippen LogP contribution in [0.2, 0.25) is 0 Å². The van der Waals surface area contributed by atoms with Crippen LogP contribution >= 0.6 is 0 Å². The summed E-state index contributed by atoms with van der Waals surface area (Å²) in [6.45, 7) is 5.95. The number of aryl methyl sites for hydroxylation is 3. The van der Waals surface area contributed by atoms with Crippen LogP contribution < -0.4 is 16.0 Å². The number of carbonyl (C=O) groups excluding carboxylic acids is 1. The Hall–Kier alpha value is -2.94. The maximum atomic E-state index is 12.6. The number of nitrogens with one attached hydrogen (secondary N) is 2. The number of anilines is 1. The molecule has 0 unspecified atom stereocenters. The predicted octanol–water partition coefficient (Wildman–Crippen LogP) is 1.15. The first-order valence-corrected chi connectivity index (χ1v) is 10.1. The molecule has 0 bridgehead atoms. The average molecular weight is 396 g/mol. The number of hydrogen-bond acceptors (Lipinski definition) is 6. The Kier molecular flexibility index (Phi) is 4.99. The molecule has 29 heavy (non-hydrogen) atoms. The van der Waals surface area contributed by atoms with Crippen molar-refractivity contribution >= 4 is 22.8 Å². The molecule has 1 amide bonds. The molecule has 1 saturated heterocycles. The highest BCUT2D eigenvalue weighted by atomic mass is 16.2. The number of carbonyl (C=O) groups is 1. The minimum Gasteiger partial charge on any atom is -0.354 e. The van der Waals surface area contributed by atoms with Crippen LogP contribution in [0.5, 0.6) is 0 Å². The normalized spacial score (nSPS) is 19.2. The largest absolute Gasteiger partial charge is 0.354 e. The van der Waals surface area contributed by atoms with Gasteiger partial charge < -0.3 is 20.9 Å². The Labute approximate surface area is 169 Å². The van der Waals surface area contributed by atoms with Crippen LogP contribution in [0.4, 0.5) is 5.82 Å². The zero-order valence-corrected chi connectivity index (χ0v) is 17.2. The maximum absolute atomic E-state index is 12.6. The Morgan fingerprint density at radius 3 is 2.90 bits per heavy atom. The molecule has 0 radical (unpaired) electrons. The van der Waals surface area contributed by atoms with Gasteiger partial charge in [-0.15, -0.1) is 0 Å². The molecule has 154 valence electrons. The van der Waals surface area contributed by atoms with Crippen molar-refractivity contribution in [1.29, 1.82) is 0 Å². The molecule has 1 aliphatic heterocycles. The molecule has 0 aromatic carbocycles. The van der Waals surface area contributed by atoms with Crippen LogP contribution in [0.3, 0.4) is 0 Å². The topological polar surface area (TPSA) is 118 Å². The minimum atomic E-state index is -0.512. The second-order valence-corrected chi connectivity index (χ2v) is 7.80. The number of nitrogens with zero attached hydrogens (tertiary/aromatic N) is 5. The lowest BCUT2D eigenvalue weighted by molar-refractivity contribution is 0.0935. The van der Waals surface area contributed by atoms with Crippen molar-refractivity contribution in [3.05, 3.63) is 35.5 Å². The molecular weight excluding hydrogens is 368 g/mol. The fourth-order valence-corrected chi connectivity index (χ4v) is 4.01. The number of fused-ring (bicyclic) bond motifs is 1. The smallest absolute Gasteiger partial charge is 0.269 e. The summed E-state index contributed by atoms with van der Waals surface area (Å²) in [5.41, 5.74) is 9.63. The van der Waals surface area contributed by atoms with Crippen molar-refractivity contribution in [3.8, 4) is 0 Å². The van der Waals surface area contributed by atoms with E-state index in [4.69, 9.17) is 5.73 Å². The number of hydrogen-bond donors (Lipinski definition) is 3. The van der Waals surface area contributed by atoms with Gasteiger partial charge >= 0.3 is 0 Å². The molecule has 0 spiro atoms. The summed E-state index contributed by atoms with van der Waals surface area (Å²) in [5.74, 6) is 0.761. The number of H-pyrrole nitrogens is 1. The molecule has 0 saturated carbocycles. The lowest BCUT2D eigenvalue weighted by atomic mass is 10.0. The van der Waals surface area contributed by atoms with Gasteiger partial charge in [0, 0.05) is 32.9 Å². The number of rotatable bonds is 6. The van der Waals surface area contributed by atoms with Gasteiger partial charge in [-0.1, -0.05) is 13.8 Å². The van der Waals surface area contributed by atoms with E-state index in [1.54, 1.807) is 18.1 Å². The zero-order chi connectivity index (χ0) is 20.6. The van der Waals surface area contributed by atoms with Crippen LogP contribution in [0.15, 0.2) is 18.6 Å². The van der Waals surface area contributed by atoms with Gasteiger partial charge in [0.25, 0.3) is 5.91 Å². The number of aromatic amines is 1. The molecule has 1 aliphatic rings. The van der Waals surface area contributed by atoms with E-state index in [1.165, 1.54) is 5.56 Å². The number of aromatic nitrogens is 5. The number of amides is 1. The van der Waals surface area contributed by atoms with Crippen LogP contribution in [-0.4, -0.2) is 55.8 Å². The van der Waals surface area contributed by atoms with E-state index in [2.05, 4.69) is 37.2 Å². The number of nitrogens with two attached hydrogens (primary N) is 1. The second kappa shape index (κ2) is 7.47. The van der Waals surface area contributed by atoms with Gasteiger partial charge in [-0.05, 0) is 30.9 Å². The van der Waals surface area contributed by atoms with Crippen molar-refractivity contribution < 1.29 is 4.79 Å². The Morgan fingerprint density at radius 1 is 1.34 bits per heavy atom. The predicted molar refractivity (Wildman–Crippen MR) is 112 cm³/mol. The van der Waals surface area contributed by atoms with Crippen LogP contribution in [-0.2, 0) is 19.9 Å². The molecule has 4 heterocycles. The summed E-state index contributed by atoms with van der Waals surface area (Å²) >= 11 is 0. The third-order valence-electron chi connectivity index (χ3n) is 5.72. The first-order valence-electron chi connectivity index (χ1n) is 10.1. The highest BCUT2D eigenvalue weighted by Gasteiger charge is 2.36. The van der Waals surface area contributed by atoms with Crippen molar-refractivity contribution in [2.24, 2.45) is 12.8 Å². The van der Waals surface area contributed by atoms with Gasteiger partial charge in [0.2, 0.25) is 0 Å². The first-order chi connectivity index (χ1) is 13.9. The SMILES string of the molecule is CCc1cc(C(=O)NC[C@@]2(N)CCN(c3ncnc4[nH]cc(CC)c34)C2)n(C)n1. The lowest BCUT2D eigenvalue weighted by Crippen LogP contribution is -2.52. The molecule has 4 rings (SSSR count). The third-order valence-corrected chi connectivity index (χ3v) is 5.72. The van der Waals surface area contributed by atoms with Gasteiger partial charge in [-0.25, -0.2) is 9.97 Å². The van der Waals surface area contributed by atoms with E-state index < -0.39 is 5.54 Å². The summed E-state index contributed by atoms with van der Waals surface area (Å²) in [7, 11) is 1.78. The quantitative estimate of drug-likeness (QED) is 0.575. The van der Waals surface area contributed by atoms with E-state index in [-0.39, 0.29) is 5.91 Å². The average Bonchev–Trinajstić information content (AvgIpc) is 3.42. The molecule has 4 N–H and O–H groups in total. The molecule has 0 aliphatic carbocycles. The van der Waals surface area contributed by atoms with Gasteiger partial charge in [0.1, 0.15) is 23.5 Å². The molecule has 9 nitrogen and oxygen atoms in total. The van der Waals surface area contributed by atoms with E-state index in [0.717, 1.165) is 48.4 Å². The van der Waals surface area contributed by atoms with E-state index in [0.29, 0.717) is 18.8 Å². The summed E-state index contributed by atoms with van der Waals surface area (Å²) in [6, 6.07) is 1.83. The molecule has 3 aromatic rings. The molecular formula is C20H28N8O. The third kappa shape index (κ3) is 3.57. The van der Waals surface area contributed by atoms with Crippen LogP contribution in [0.1, 0.15) is 42.0 Å². The monoisotopic (exact) mass is 396 g/mol.